The van der Waals surface area contributed by atoms with Crippen LogP contribution >= 0.6 is 0 Å². The van der Waals surface area contributed by atoms with Gasteiger partial charge in [0.25, 0.3) is 0 Å². The second-order valence-corrected chi connectivity index (χ2v) is 19.8. The Morgan fingerprint density at radius 2 is 1.00 bits per heavy atom. The molecule has 5 heteroatoms. The normalized spacial score (nSPS) is 27.4. The highest BCUT2D eigenvalue weighted by molar-refractivity contribution is 5.64. The van der Waals surface area contributed by atoms with Crippen molar-refractivity contribution < 1.29 is 22.3 Å². The molecule has 0 atom stereocenters. The number of hydrogen-bond donors (Lipinski definition) is 0. The quantitative estimate of drug-likeness (QED) is 0.145. The summed E-state index contributed by atoms with van der Waals surface area (Å²) in [5, 5.41) is 0. The van der Waals surface area contributed by atoms with E-state index in [1.165, 1.54) is 151 Å². The second kappa shape index (κ2) is 20.5. The molecule has 0 aromatic heterocycles. The highest BCUT2D eigenvalue weighted by atomic mass is 19.3. The van der Waals surface area contributed by atoms with Gasteiger partial charge in [-0.05, 0) is 197 Å². The second-order valence-electron chi connectivity index (χ2n) is 19.8. The molecule has 0 N–H and O–H groups in total. The Kier molecular flexibility index (Phi) is 15.2. The lowest BCUT2D eigenvalue weighted by Crippen LogP contribution is -2.25. The van der Waals surface area contributed by atoms with Gasteiger partial charge in [-0.2, -0.15) is 8.78 Å². The number of benzene rings is 4. The van der Waals surface area contributed by atoms with Gasteiger partial charge >= 0.3 is 6.11 Å². The first-order chi connectivity index (χ1) is 28.9. The van der Waals surface area contributed by atoms with Crippen molar-refractivity contribution in [1.82, 2.24) is 0 Å². The van der Waals surface area contributed by atoms with Gasteiger partial charge in [-0.3, -0.25) is 0 Å². The lowest BCUT2D eigenvalue weighted by Gasteiger charge is -2.37. The van der Waals surface area contributed by atoms with Crippen molar-refractivity contribution in [1.29, 1.82) is 0 Å². The van der Waals surface area contributed by atoms with E-state index in [2.05, 4.69) is 26.0 Å². The summed E-state index contributed by atoms with van der Waals surface area (Å²) in [5.41, 5.74) is 5.02. The molecule has 0 bridgehead atoms. The molecule has 0 unspecified atom stereocenters. The number of aryl methyl sites for hydroxylation is 2. The Labute approximate surface area is 359 Å². The summed E-state index contributed by atoms with van der Waals surface area (Å²) in [4.78, 5) is 0. The van der Waals surface area contributed by atoms with Crippen LogP contribution in [0.2, 0.25) is 0 Å². The molecular formula is C55H70F4O. The SMILES string of the molecule is Cc1c(F)cc(-c2ccc(CCC3CCC(C4CCC(C)CC4)CC3)cc2)cc1F.Cc1ccc(OC(F)(F)c2ccc(C3CCC(C4CCC(C)CC4)CC3)cc2)cc1. The van der Waals surface area contributed by atoms with Crippen LogP contribution in [-0.2, 0) is 12.5 Å². The first-order valence-electron chi connectivity index (χ1n) is 23.7. The molecular weight excluding hydrogens is 753 g/mol. The van der Waals surface area contributed by atoms with Crippen molar-refractivity contribution in [3.05, 3.63) is 124 Å². The van der Waals surface area contributed by atoms with Crippen molar-refractivity contribution in [2.75, 3.05) is 0 Å². The fraction of sp³-hybridized carbons (Fsp3) is 0.564. The maximum atomic E-state index is 14.6. The van der Waals surface area contributed by atoms with E-state index in [0.29, 0.717) is 11.5 Å². The molecule has 60 heavy (non-hydrogen) atoms. The minimum atomic E-state index is -3.33. The van der Waals surface area contributed by atoms with Gasteiger partial charge in [0.2, 0.25) is 0 Å². The fourth-order valence-electron chi connectivity index (χ4n) is 11.2. The first kappa shape index (κ1) is 44.5. The zero-order valence-corrected chi connectivity index (χ0v) is 36.8. The summed E-state index contributed by atoms with van der Waals surface area (Å²) < 4.78 is 61.9. The van der Waals surface area contributed by atoms with E-state index in [0.717, 1.165) is 59.0 Å². The average Bonchev–Trinajstić information content (AvgIpc) is 3.27. The molecule has 0 radical (unpaired) electrons. The van der Waals surface area contributed by atoms with Gasteiger partial charge in [-0.1, -0.05) is 106 Å². The van der Waals surface area contributed by atoms with E-state index in [1.807, 2.05) is 31.2 Å². The van der Waals surface area contributed by atoms with Crippen molar-refractivity contribution in [2.24, 2.45) is 41.4 Å². The van der Waals surface area contributed by atoms with Crippen LogP contribution in [0, 0.1) is 66.9 Å². The Morgan fingerprint density at radius 1 is 0.533 bits per heavy atom. The molecule has 4 aromatic rings. The molecule has 0 aliphatic heterocycles. The molecule has 4 aliphatic carbocycles. The number of hydrogen-bond acceptors (Lipinski definition) is 1. The molecule has 4 fully saturated rings. The summed E-state index contributed by atoms with van der Waals surface area (Å²) in [6.07, 6.45) is 21.1. The fourth-order valence-corrected chi connectivity index (χ4v) is 11.2. The molecule has 4 aliphatic rings. The molecule has 1 nitrogen and oxygen atoms in total. The van der Waals surface area contributed by atoms with Gasteiger partial charge in [-0.25, -0.2) is 8.78 Å². The molecule has 0 amide bonds. The zero-order chi connectivity index (χ0) is 42.2. The van der Waals surface area contributed by atoms with Gasteiger partial charge in [0, 0.05) is 5.56 Å². The molecule has 4 saturated carbocycles. The largest absolute Gasteiger partial charge is 0.429 e. The minimum Gasteiger partial charge on any atom is -0.429 e. The van der Waals surface area contributed by atoms with E-state index < -0.39 is 17.7 Å². The summed E-state index contributed by atoms with van der Waals surface area (Å²) in [5.74, 6) is 6.24. The maximum Gasteiger partial charge on any atom is 0.426 e. The number of rotatable bonds is 10. The van der Waals surface area contributed by atoms with E-state index in [4.69, 9.17) is 4.74 Å². The number of alkyl halides is 2. The standard InChI is InChI=1S/C28H36F2.C27H34F2O/c1-19-3-11-23(12-4-19)24-13-7-21(8-14-24)5-6-22-9-15-25(16-10-22)26-17-27(29)20(2)28(30)18-26;1-19-3-7-21(8-4-19)22-9-11-23(12-10-22)24-13-15-25(16-14-24)27(28,29)30-26-17-5-20(2)6-18-26/h9-10,15-19,21,23-24H,3-8,11-14H2,1-2H3;5-6,13-19,21-23H,3-4,7-12H2,1-2H3. The summed E-state index contributed by atoms with van der Waals surface area (Å²) in [6.45, 7) is 8.19. The van der Waals surface area contributed by atoms with Crippen LogP contribution in [0.4, 0.5) is 17.6 Å². The van der Waals surface area contributed by atoms with E-state index in [9.17, 15) is 17.6 Å². The van der Waals surface area contributed by atoms with Crippen LogP contribution in [0.3, 0.4) is 0 Å². The number of halogens is 4. The van der Waals surface area contributed by atoms with Gasteiger partial charge in [0.15, 0.2) is 0 Å². The van der Waals surface area contributed by atoms with Gasteiger partial charge < -0.3 is 4.74 Å². The smallest absolute Gasteiger partial charge is 0.426 e. The predicted molar refractivity (Wildman–Crippen MR) is 239 cm³/mol. The van der Waals surface area contributed by atoms with Crippen LogP contribution in [-0.4, -0.2) is 0 Å². The maximum absolute atomic E-state index is 14.6. The Hall–Kier alpha value is -3.60. The van der Waals surface area contributed by atoms with E-state index >= 15 is 0 Å². The average molecular weight is 823 g/mol. The van der Waals surface area contributed by atoms with Crippen LogP contribution in [0.5, 0.6) is 5.75 Å². The van der Waals surface area contributed by atoms with Crippen molar-refractivity contribution >= 4 is 0 Å². The summed E-state index contributed by atoms with van der Waals surface area (Å²) in [6, 6.07) is 24.7. The monoisotopic (exact) mass is 823 g/mol. The topological polar surface area (TPSA) is 9.23 Å². The van der Waals surface area contributed by atoms with Crippen LogP contribution in [0.25, 0.3) is 11.1 Å². The zero-order valence-electron chi connectivity index (χ0n) is 36.8. The number of ether oxygens (including phenoxy) is 1. The third kappa shape index (κ3) is 11.9. The Bertz CT molecular complexity index is 1880. The third-order valence-electron chi connectivity index (χ3n) is 15.5. The molecule has 4 aromatic carbocycles. The van der Waals surface area contributed by atoms with Gasteiger partial charge in [-0.15, -0.1) is 0 Å². The lowest BCUT2D eigenvalue weighted by atomic mass is 9.68. The Balaban J connectivity index is 0.000000181. The molecule has 0 saturated heterocycles. The molecule has 0 spiro atoms. The minimum absolute atomic E-state index is 0.0862. The van der Waals surface area contributed by atoms with Crippen molar-refractivity contribution in [3.63, 3.8) is 0 Å². The molecule has 8 rings (SSSR count). The third-order valence-corrected chi connectivity index (χ3v) is 15.5. The van der Waals surface area contributed by atoms with Crippen LogP contribution in [0.1, 0.15) is 157 Å². The van der Waals surface area contributed by atoms with Crippen LogP contribution < -0.4 is 4.74 Å². The summed E-state index contributed by atoms with van der Waals surface area (Å²) in [7, 11) is 0. The van der Waals surface area contributed by atoms with E-state index in [-0.39, 0.29) is 16.9 Å². The lowest BCUT2D eigenvalue weighted by molar-refractivity contribution is -0.185. The van der Waals surface area contributed by atoms with E-state index in [1.54, 1.807) is 24.3 Å². The molecule has 324 valence electrons. The Morgan fingerprint density at radius 3 is 1.50 bits per heavy atom. The predicted octanol–water partition coefficient (Wildman–Crippen LogP) is 16.7. The van der Waals surface area contributed by atoms with Gasteiger partial charge in [0.1, 0.15) is 17.4 Å². The van der Waals surface area contributed by atoms with Gasteiger partial charge in [0.05, 0.1) is 5.56 Å². The highest BCUT2D eigenvalue weighted by Gasteiger charge is 2.36. The first-order valence-corrected chi connectivity index (χ1v) is 23.7. The van der Waals surface area contributed by atoms with Crippen LogP contribution in [0.15, 0.2) is 84.9 Å². The van der Waals surface area contributed by atoms with Crippen molar-refractivity contribution in [3.8, 4) is 16.9 Å². The van der Waals surface area contributed by atoms with Crippen molar-refractivity contribution in [2.45, 2.75) is 155 Å². The summed E-state index contributed by atoms with van der Waals surface area (Å²) >= 11 is 0. The molecule has 0 heterocycles. The highest BCUT2D eigenvalue weighted by Crippen LogP contribution is 2.45.